The third kappa shape index (κ3) is 3.87. The van der Waals surface area contributed by atoms with E-state index in [1.807, 2.05) is 19.2 Å². The number of nitrogens with one attached hydrogen (secondary N) is 1. The SMILES string of the molecule is CSCC(C)NC(=O)C(O)c1ccccc1. The van der Waals surface area contributed by atoms with Gasteiger partial charge in [-0.2, -0.15) is 11.8 Å². The monoisotopic (exact) mass is 239 g/mol. The van der Waals surface area contributed by atoms with Crippen molar-refractivity contribution in [1.29, 1.82) is 0 Å². The van der Waals surface area contributed by atoms with Crippen LogP contribution in [0.2, 0.25) is 0 Å². The summed E-state index contributed by atoms with van der Waals surface area (Å²) in [6, 6.07) is 9.01. The lowest BCUT2D eigenvalue weighted by Crippen LogP contribution is -2.37. The zero-order valence-electron chi connectivity index (χ0n) is 9.51. The summed E-state index contributed by atoms with van der Waals surface area (Å²) in [5, 5.41) is 12.6. The minimum absolute atomic E-state index is 0.0702. The number of benzene rings is 1. The molecule has 1 amide bonds. The van der Waals surface area contributed by atoms with Crippen LogP contribution in [0.4, 0.5) is 0 Å². The minimum atomic E-state index is -1.08. The topological polar surface area (TPSA) is 49.3 Å². The summed E-state index contributed by atoms with van der Waals surface area (Å²) in [4.78, 5) is 11.7. The first-order valence-electron chi connectivity index (χ1n) is 5.17. The second-order valence-corrected chi connectivity index (χ2v) is 4.59. The molecule has 0 aliphatic carbocycles. The number of amides is 1. The molecule has 0 radical (unpaired) electrons. The largest absolute Gasteiger partial charge is 0.378 e. The first-order valence-corrected chi connectivity index (χ1v) is 6.57. The molecule has 2 atom stereocenters. The molecule has 1 aromatic carbocycles. The molecular weight excluding hydrogens is 222 g/mol. The molecule has 0 spiro atoms. The van der Waals surface area contributed by atoms with Crippen LogP contribution in [0.1, 0.15) is 18.6 Å². The Labute approximate surface area is 100 Å². The maximum absolute atomic E-state index is 11.7. The highest BCUT2D eigenvalue weighted by molar-refractivity contribution is 7.98. The average molecular weight is 239 g/mol. The van der Waals surface area contributed by atoms with Gasteiger partial charge in [-0.15, -0.1) is 0 Å². The molecule has 2 unspecified atom stereocenters. The van der Waals surface area contributed by atoms with E-state index in [0.717, 1.165) is 5.75 Å². The third-order valence-corrected chi connectivity index (χ3v) is 3.00. The van der Waals surface area contributed by atoms with E-state index in [4.69, 9.17) is 0 Å². The Balaban J connectivity index is 2.55. The predicted octanol–water partition coefficient (Wildman–Crippen LogP) is 1.59. The summed E-state index contributed by atoms with van der Waals surface area (Å²) in [6.07, 6.45) is 0.904. The molecule has 0 aliphatic heterocycles. The molecule has 88 valence electrons. The van der Waals surface area contributed by atoms with Crippen LogP contribution in [0.15, 0.2) is 30.3 Å². The number of aliphatic hydroxyl groups excluding tert-OH is 1. The molecule has 0 fully saturated rings. The van der Waals surface area contributed by atoms with Crippen LogP contribution < -0.4 is 5.32 Å². The van der Waals surface area contributed by atoms with E-state index in [1.165, 1.54) is 0 Å². The molecule has 2 N–H and O–H groups in total. The van der Waals surface area contributed by atoms with Gasteiger partial charge in [0.05, 0.1) is 0 Å². The van der Waals surface area contributed by atoms with Crippen LogP contribution in [-0.4, -0.2) is 29.1 Å². The van der Waals surface area contributed by atoms with Gasteiger partial charge in [-0.3, -0.25) is 4.79 Å². The van der Waals surface area contributed by atoms with Crippen LogP contribution in [0.3, 0.4) is 0 Å². The van der Waals surface area contributed by atoms with Crippen molar-refractivity contribution >= 4 is 17.7 Å². The minimum Gasteiger partial charge on any atom is -0.378 e. The molecule has 0 heterocycles. The van der Waals surface area contributed by atoms with Crippen LogP contribution in [0.25, 0.3) is 0 Å². The molecule has 0 bridgehead atoms. The summed E-state index contributed by atoms with van der Waals surface area (Å²) in [5.41, 5.74) is 0.622. The van der Waals surface area contributed by atoms with Crippen molar-refractivity contribution < 1.29 is 9.90 Å². The van der Waals surface area contributed by atoms with Crippen molar-refractivity contribution in [2.75, 3.05) is 12.0 Å². The second kappa shape index (κ2) is 6.55. The van der Waals surface area contributed by atoms with Crippen molar-refractivity contribution in [2.45, 2.75) is 19.1 Å². The fourth-order valence-corrected chi connectivity index (χ4v) is 1.98. The Hall–Kier alpha value is -1.00. The highest BCUT2D eigenvalue weighted by Crippen LogP contribution is 2.12. The van der Waals surface area contributed by atoms with Gasteiger partial charge in [0, 0.05) is 11.8 Å². The Morgan fingerprint density at radius 3 is 2.62 bits per heavy atom. The molecule has 16 heavy (non-hydrogen) atoms. The quantitative estimate of drug-likeness (QED) is 0.820. The smallest absolute Gasteiger partial charge is 0.253 e. The summed E-state index contributed by atoms with van der Waals surface area (Å²) in [6.45, 7) is 1.92. The third-order valence-electron chi connectivity index (χ3n) is 2.17. The number of hydrogen-bond acceptors (Lipinski definition) is 3. The van der Waals surface area contributed by atoms with Gasteiger partial charge in [0.1, 0.15) is 0 Å². The van der Waals surface area contributed by atoms with Gasteiger partial charge in [-0.05, 0) is 18.7 Å². The maximum atomic E-state index is 11.7. The number of thioether (sulfide) groups is 1. The van der Waals surface area contributed by atoms with Crippen molar-refractivity contribution in [3.05, 3.63) is 35.9 Å². The number of aliphatic hydroxyl groups is 1. The molecule has 0 aliphatic rings. The second-order valence-electron chi connectivity index (χ2n) is 3.68. The van der Waals surface area contributed by atoms with E-state index < -0.39 is 6.10 Å². The van der Waals surface area contributed by atoms with Crippen LogP contribution in [-0.2, 0) is 4.79 Å². The van der Waals surface area contributed by atoms with Crippen molar-refractivity contribution in [2.24, 2.45) is 0 Å². The van der Waals surface area contributed by atoms with Crippen LogP contribution in [0, 0.1) is 0 Å². The highest BCUT2D eigenvalue weighted by Gasteiger charge is 2.18. The molecule has 0 aromatic heterocycles. The average Bonchev–Trinajstić information content (AvgIpc) is 2.29. The standard InChI is InChI=1S/C12H17NO2S/c1-9(8-16-2)13-12(15)11(14)10-6-4-3-5-7-10/h3-7,9,11,14H,8H2,1-2H3,(H,13,15). The first kappa shape index (κ1) is 13.1. The number of hydrogen-bond donors (Lipinski definition) is 2. The fraction of sp³-hybridized carbons (Fsp3) is 0.417. The van der Waals surface area contributed by atoms with Crippen molar-refractivity contribution in [1.82, 2.24) is 5.32 Å². The van der Waals surface area contributed by atoms with Gasteiger partial charge in [0.15, 0.2) is 6.10 Å². The molecule has 0 saturated heterocycles. The normalized spacial score (nSPS) is 14.2. The Kier molecular flexibility index (Phi) is 5.35. The van der Waals surface area contributed by atoms with Gasteiger partial charge in [-0.25, -0.2) is 0 Å². The van der Waals surface area contributed by atoms with E-state index in [0.29, 0.717) is 5.56 Å². The van der Waals surface area contributed by atoms with Gasteiger partial charge in [0.2, 0.25) is 0 Å². The van der Waals surface area contributed by atoms with Gasteiger partial charge in [0.25, 0.3) is 5.91 Å². The van der Waals surface area contributed by atoms with E-state index >= 15 is 0 Å². The van der Waals surface area contributed by atoms with E-state index in [-0.39, 0.29) is 11.9 Å². The summed E-state index contributed by atoms with van der Waals surface area (Å²) < 4.78 is 0. The fourth-order valence-electron chi connectivity index (χ4n) is 1.40. The van der Waals surface area contributed by atoms with Gasteiger partial charge < -0.3 is 10.4 Å². The maximum Gasteiger partial charge on any atom is 0.253 e. The van der Waals surface area contributed by atoms with E-state index in [2.05, 4.69) is 5.32 Å². The summed E-state index contributed by atoms with van der Waals surface area (Å²) in [7, 11) is 0. The number of carbonyl (C=O) groups is 1. The lowest BCUT2D eigenvalue weighted by atomic mass is 10.1. The Bertz CT molecular complexity index is 329. The molecule has 1 rings (SSSR count). The molecule has 1 aromatic rings. The van der Waals surface area contributed by atoms with Crippen LogP contribution in [0.5, 0.6) is 0 Å². The lowest BCUT2D eigenvalue weighted by Gasteiger charge is -2.16. The number of rotatable bonds is 5. The van der Waals surface area contributed by atoms with Crippen LogP contribution >= 0.6 is 11.8 Å². The number of carbonyl (C=O) groups excluding carboxylic acids is 1. The Morgan fingerprint density at radius 2 is 2.06 bits per heavy atom. The molecule has 4 heteroatoms. The lowest BCUT2D eigenvalue weighted by molar-refractivity contribution is -0.130. The Morgan fingerprint density at radius 1 is 1.44 bits per heavy atom. The van der Waals surface area contributed by atoms with Crippen molar-refractivity contribution in [3.8, 4) is 0 Å². The molecular formula is C12H17NO2S. The van der Waals surface area contributed by atoms with Crippen molar-refractivity contribution in [3.63, 3.8) is 0 Å². The van der Waals surface area contributed by atoms with E-state index in [9.17, 15) is 9.90 Å². The first-order chi connectivity index (χ1) is 7.65. The predicted molar refractivity (Wildman–Crippen MR) is 67.4 cm³/mol. The highest BCUT2D eigenvalue weighted by atomic mass is 32.2. The summed E-state index contributed by atoms with van der Waals surface area (Å²) >= 11 is 1.66. The zero-order valence-corrected chi connectivity index (χ0v) is 10.3. The molecule has 0 saturated carbocycles. The van der Waals surface area contributed by atoms with Gasteiger partial charge in [-0.1, -0.05) is 30.3 Å². The molecule has 3 nitrogen and oxygen atoms in total. The van der Waals surface area contributed by atoms with Gasteiger partial charge >= 0.3 is 0 Å². The zero-order chi connectivity index (χ0) is 12.0. The summed E-state index contributed by atoms with van der Waals surface area (Å²) in [5.74, 6) is 0.500. The van der Waals surface area contributed by atoms with E-state index in [1.54, 1.807) is 36.0 Å².